The molecule has 0 bridgehead atoms. The number of aromatic carboxylic acids is 1. The molecule has 0 radical (unpaired) electrons. The van der Waals surface area contributed by atoms with Gasteiger partial charge >= 0.3 is 5.97 Å². The van der Waals surface area contributed by atoms with E-state index in [1.54, 1.807) is 0 Å². The van der Waals surface area contributed by atoms with Crippen molar-refractivity contribution in [2.75, 3.05) is 0 Å². The van der Waals surface area contributed by atoms with Gasteiger partial charge in [-0.25, -0.2) is 4.79 Å². The third-order valence-corrected chi connectivity index (χ3v) is 2.03. The van der Waals surface area contributed by atoms with Gasteiger partial charge in [-0.05, 0) is 13.0 Å². The van der Waals surface area contributed by atoms with Crippen LogP contribution >= 0.6 is 11.6 Å². The van der Waals surface area contributed by atoms with E-state index in [0.717, 1.165) is 6.07 Å². The van der Waals surface area contributed by atoms with Crippen LogP contribution in [0.15, 0.2) is 12.1 Å². The summed E-state index contributed by atoms with van der Waals surface area (Å²) in [4.78, 5) is 20.5. The summed E-state index contributed by atoms with van der Waals surface area (Å²) in [7, 11) is 0. The Hall–Kier alpha value is -1.62. The van der Waals surface area contributed by atoms with Crippen LogP contribution in [0.3, 0.4) is 0 Å². The molecule has 74 valence electrons. The fourth-order valence-corrected chi connectivity index (χ4v) is 1.27. The third-order valence-electron chi connectivity index (χ3n) is 1.71. The average molecular weight is 216 g/mol. The highest BCUT2D eigenvalue weighted by atomic mass is 35.5. The maximum Gasteiger partial charge on any atom is 0.337 e. The largest absolute Gasteiger partial charge is 0.478 e. The number of benzene rings is 1. The van der Waals surface area contributed by atoms with Crippen molar-refractivity contribution in [2.45, 2.75) is 6.92 Å². The monoisotopic (exact) mass is 215 g/mol. The summed E-state index contributed by atoms with van der Waals surface area (Å²) in [5.41, 5.74) is -0.0356. The Kier molecular flexibility index (Phi) is 2.71. The fourth-order valence-electron chi connectivity index (χ4n) is 1.03. The van der Waals surface area contributed by atoms with E-state index in [1.807, 2.05) is 0 Å². The molecule has 0 fully saturated rings. The number of nitro benzene ring substituents is 1. The molecule has 14 heavy (non-hydrogen) atoms. The molecule has 0 spiro atoms. The van der Waals surface area contributed by atoms with Gasteiger partial charge in [0.05, 0.1) is 15.5 Å². The molecule has 1 rings (SSSR count). The smallest absolute Gasteiger partial charge is 0.337 e. The van der Waals surface area contributed by atoms with E-state index < -0.39 is 10.9 Å². The Morgan fingerprint density at radius 1 is 1.57 bits per heavy atom. The topological polar surface area (TPSA) is 80.4 Å². The van der Waals surface area contributed by atoms with E-state index in [2.05, 4.69) is 0 Å². The van der Waals surface area contributed by atoms with Gasteiger partial charge in [-0.15, -0.1) is 0 Å². The van der Waals surface area contributed by atoms with Gasteiger partial charge in [0.1, 0.15) is 0 Å². The number of halogens is 1. The van der Waals surface area contributed by atoms with Crippen LogP contribution < -0.4 is 0 Å². The van der Waals surface area contributed by atoms with Crippen molar-refractivity contribution in [3.63, 3.8) is 0 Å². The van der Waals surface area contributed by atoms with E-state index >= 15 is 0 Å². The molecule has 0 aliphatic rings. The minimum atomic E-state index is -1.20. The molecule has 0 unspecified atom stereocenters. The summed E-state index contributed by atoms with van der Waals surface area (Å²) in [6.07, 6.45) is 0. The first-order valence-corrected chi connectivity index (χ1v) is 3.99. The molecule has 1 aromatic carbocycles. The zero-order chi connectivity index (χ0) is 10.9. The molecule has 5 nitrogen and oxygen atoms in total. The molecule has 0 saturated heterocycles. The van der Waals surface area contributed by atoms with Gasteiger partial charge in [0.2, 0.25) is 0 Å². The van der Waals surface area contributed by atoms with Crippen molar-refractivity contribution in [3.05, 3.63) is 38.4 Å². The second-order valence-corrected chi connectivity index (χ2v) is 3.09. The maximum absolute atomic E-state index is 10.6. The molecule has 0 saturated carbocycles. The Morgan fingerprint density at radius 3 is 2.57 bits per heavy atom. The van der Waals surface area contributed by atoms with Gasteiger partial charge in [0.25, 0.3) is 5.69 Å². The average Bonchev–Trinajstić information content (AvgIpc) is 2.07. The number of aryl methyl sites for hydroxylation is 1. The number of carboxylic acid groups (broad SMARTS) is 1. The zero-order valence-electron chi connectivity index (χ0n) is 7.15. The summed E-state index contributed by atoms with van der Waals surface area (Å²) in [5, 5.41) is 19.0. The molecular weight excluding hydrogens is 210 g/mol. The van der Waals surface area contributed by atoms with Gasteiger partial charge in [0.15, 0.2) is 0 Å². The lowest BCUT2D eigenvalue weighted by Crippen LogP contribution is -2.00. The first-order chi connectivity index (χ1) is 6.43. The Morgan fingerprint density at radius 2 is 2.14 bits per heavy atom. The Bertz CT molecular complexity index is 376. The minimum absolute atomic E-state index is 0.130. The number of rotatable bonds is 2. The highest BCUT2D eigenvalue weighted by Gasteiger charge is 2.17. The summed E-state index contributed by atoms with van der Waals surface area (Å²) in [6, 6.07) is 2.23. The van der Waals surface area contributed by atoms with Crippen LogP contribution in [0.1, 0.15) is 15.9 Å². The van der Waals surface area contributed by atoms with Crippen molar-refractivity contribution >= 4 is 23.3 Å². The van der Waals surface area contributed by atoms with Gasteiger partial charge in [-0.3, -0.25) is 10.1 Å². The standard InChI is InChI=1S/C8H6ClNO4/c1-4-2-5(8(11)12)6(9)3-7(4)10(13)14/h2-3H,1H3,(H,11,12). The molecule has 0 aromatic heterocycles. The van der Waals surface area contributed by atoms with E-state index in [-0.39, 0.29) is 21.8 Å². The first-order valence-electron chi connectivity index (χ1n) is 3.61. The van der Waals surface area contributed by atoms with Crippen LogP contribution in [-0.4, -0.2) is 16.0 Å². The van der Waals surface area contributed by atoms with Crippen LogP contribution in [0, 0.1) is 17.0 Å². The molecule has 0 aliphatic carbocycles. The molecule has 0 heterocycles. The zero-order valence-corrected chi connectivity index (χ0v) is 7.91. The van der Waals surface area contributed by atoms with Crippen LogP contribution in [-0.2, 0) is 0 Å². The van der Waals surface area contributed by atoms with Crippen LogP contribution in [0.4, 0.5) is 5.69 Å². The van der Waals surface area contributed by atoms with Gasteiger partial charge < -0.3 is 5.11 Å². The second kappa shape index (κ2) is 3.63. The molecule has 1 aromatic rings. The highest BCUT2D eigenvalue weighted by Crippen LogP contribution is 2.26. The van der Waals surface area contributed by atoms with Crippen LogP contribution in [0.5, 0.6) is 0 Å². The molecule has 0 atom stereocenters. The Labute approximate surface area is 84.1 Å². The molecular formula is C8H6ClNO4. The lowest BCUT2D eigenvalue weighted by molar-refractivity contribution is -0.385. The summed E-state index contributed by atoms with van der Waals surface area (Å²) in [5.74, 6) is -1.20. The minimum Gasteiger partial charge on any atom is -0.478 e. The van der Waals surface area contributed by atoms with E-state index in [1.165, 1.54) is 13.0 Å². The van der Waals surface area contributed by atoms with Crippen molar-refractivity contribution in [2.24, 2.45) is 0 Å². The van der Waals surface area contributed by atoms with E-state index in [0.29, 0.717) is 0 Å². The molecule has 6 heteroatoms. The summed E-state index contributed by atoms with van der Waals surface area (Å²) < 4.78 is 0. The van der Waals surface area contributed by atoms with Crippen molar-refractivity contribution < 1.29 is 14.8 Å². The lowest BCUT2D eigenvalue weighted by Gasteiger charge is -2.01. The number of carboxylic acids is 1. The number of hydrogen-bond donors (Lipinski definition) is 1. The van der Waals surface area contributed by atoms with E-state index in [9.17, 15) is 14.9 Å². The quantitative estimate of drug-likeness (QED) is 0.606. The predicted molar refractivity (Wildman–Crippen MR) is 49.8 cm³/mol. The highest BCUT2D eigenvalue weighted by molar-refractivity contribution is 6.33. The SMILES string of the molecule is Cc1cc(C(=O)O)c(Cl)cc1[N+](=O)[O-]. The van der Waals surface area contributed by atoms with Crippen LogP contribution in [0.25, 0.3) is 0 Å². The lowest BCUT2D eigenvalue weighted by atomic mass is 10.1. The summed E-state index contributed by atoms with van der Waals surface area (Å²) in [6.45, 7) is 1.46. The number of carbonyl (C=O) groups is 1. The molecule has 0 amide bonds. The number of nitrogens with zero attached hydrogens (tertiary/aromatic N) is 1. The first kappa shape index (κ1) is 10.5. The molecule has 0 aliphatic heterocycles. The summed E-state index contributed by atoms with van der Waals surface area (Å²) >= 11 is 5.56. The van der Waals surface area contributed by atoms with Gasteiger partial charge in [-0.1, -0.05) is 11.6 Å². The Balaban J connectivity index is 3.38. The number of nitro groups is 1. The molecule has 1 N–H and O–H groups in total. The fraction of sp³-hybridized carbons (Fsp3) is 0.125. The van der Waals surface area contributed by atoms with Crippen molar-refractivity contribution in [1.29, 1.82) is 0 Å². The third kappa shape index (κ3) is 1.82. The second-order valence-electron chi connectivity index (χ2n) is 2.68. The maximum atomic E-state index is 10.6. The number of hydrogen-bond acceptors (Lipinski definition) is 3. The van der Waals surface area contributed by atoms with Crippen molar-refractivity contribution in [1.82, 2.24) is 0 Å². The normalized spacial score (nSPS) is 9.86. The van der Waals surface area contributed by atoms with Gasteiger partial charge in [-0.2, -0.15) is 0 Å². The van der Waals surface area contributed by atoms with E-state index in [4.69, 9.17) is 16.7 Å². The van der Waals surface area contributed by atoms with Gasteiger partial charge in [0, 0.05) is 11.6 Å². The van der Waals surface area contributed by atoms with Crippen LogP contribution in [0.2, 0.25) is 5.02 Å². The predicted octanol–water partition coefficient (Wildman–Crippen LogP) is 2.25. The van der Waals surface area contributed by atoms with Crippen molar-refractivity contribution in [3.8, 4) is 0 Å².